The van der Waals surface area contributed by atoms with Gasteiger partial charge in [-0.05, 0) is 31.9 Å². The Hall–Kier alpha value is -3.07. The summed E-state index contributed by atoms with van der Waals surface area (Å²) in [5.74, 6) is -0.897. The number of nitrogens with one attached hydrogen (secondary N) is 2. The van der Waals surface area contributed by atoms with Crippen LogP contribution in [0.5, 0.6) is 0 Å². The van der Waals surface area contributed by atoms with E-state index in [1.165, 1.54) is 4.57 Å². The van der Waals surface area contributed by atoms with E-state index in [9.17, 15) is 19.2 Å². The zero-order valence-corrected chi connectivity index (χ0v) is 15.4. The van der Waals surface area contributed by atoms with Crippen molar-refractivity contribution >= 4 is 34.3 Å². The minimum absolute atomic E-state index is 0.167. The van der Waals surface area contributed by atoms with Crippen LogP contribution >= 0.6 is 0 Å². The molecule has 2 aliphatic heterocycles. The molecular weight excluding hydrogens is 364 g/mol. The van der Waals surface area contributed by atoms with Crippen molar-refractivity contribution in [1.29, 1.82) is 0 Å². The lowest BCUT2D eigenvalue weighted by atomic mass is 10.1. The first-order valence-electron chi connectivity index (χ1n) is 9.20. The molecule has 4 rings (SSSR count). The number of aryl methyl sites for hydroxylation is 1. The molecule has 146 valence electrons. The van der Waals surface area contributed by atoms with Gasteiger partial charge in [-0.1, -0.05) is 6.07 Å². The highest BCUT2D eigenvalue weighted by Gasteiger charge is 2.31. The molecule has 3 heterocycles. The van der Waals surface area contributed by atoms with Crippen molar-refractivity contribution in [3.63, 3.8) is 0 Å². The number of imide groups is 1. The van der Waals surface area contributed by atoms with Crippen LogP contribution in [0.25, 0.3) is 10.9 Å². The Morgan fingerprint density at radius 3 is 2.82 bits per heavy atom. The van der Waals surface area contributed by atoms with Gasteiger partial charge in [0.1, 0.15) is 17.4 Å². The summed E-state index contributed by atoms with van der Waals surface area (Å²) in [6.07, 6.45) is 1.07. The molecule has 3 amide bonds. The Morgan fingerprint density at radius 2 is 2.11 bits per heavy atom. The second kappa shape index (κ2) is 7.16. The van der Waals surface area contributed by atoms with Gasteiger partial charge < -0.3 is 10.1 Å². The number of fused-ring (bicyclic) bond motifs is 1. The molecule has 2 aromatic rings. The summed E-state index contributed by atoms with van der Waals surface area (Å²) in [5, 5.41) is 5.41. The maximum atomic E-state index is 13.1. The average Bonchev–Trinajstić information content (AvgIpc) is 3.19. The molecule has 9 heteroatoms. The van der Waals surface area contributed by atoms with Crippen molar-refractivity contribution < 1.29 is 19.1 Å². The maximum absolute atomic E-state index is 13.1. The first-order valence-corrected chi connectivity index (χ1v) is 9.20. The van der Waals surface area contributed by atoms with E-state index >= 15 is 0 Å². The topological polar surface area (TPSA) is 119 Å². The molecule has 28 heavy (non-hydrogen) atoms. The van der Waals surface area contributed by atoms with Gasteiger partial charge in [0.05, 0.1) is 23.6 Å². The molecule has 0 aliphatic carbocycles. The van der Waals surface area contributed by atoms with Crippen molar-refractivity contribution in [2.24, 2.45) is 5.92 Å². The second-order valence-electron chi connectivity index (χ2n) is 7.05. The van der Waals surface area contributed by atoms with Gasteiger partial charge in [-0.3, -0.25) is 29.1 Å². The molecule has 2 fully saturated rings. The number of benzene rings is 1. The number of amides is 3. The van der Waals surface area contributed by atoms with Crippen molar-refractivity contribution in [1.82, 2.24) is 14.9 Å². The number of aromatic nitrogens is 2. The number of anilines is 1. The molecule has 2 saturated heterocycles. The summed E-state index contributed by atoms with van der Waals surface area (Å²) in [5.41, 5.74) is 0.447. The lowest BCUT2D eigenvalue weighted by Crippen LogP contribution is -2.45. The third kappa shape index (κ3) is 3.18. The van der Waals surface area contributed by atoms with Gasteiger partial charge in [0.15, 0.2) is 0 Å². The molecule has 2 aliphatic rings. The van der Waals surface area contributed by atoms with E-state index in [-0.39, 0.29) is 36.1 Å². The SMILES string of the molecule is Cc1nc2c(NC(=O)C3CCOC3)cccc2c(=O)n1C1CCC(=O)NC1=O. The number of nitrogens with zero attached hydrogens (tertiary/aromatic N) is 2. The molecule has 0 bridgehead atoms. The molecule has 0 spiro atoms. The summed E-state index contributed by atoms with van der Waals surface area (Å²) < 4.78 is 6.57. The predicted molar refractivity (Wildman–Crippen MR) is 99.7 cm³/mol. The lowest BCUT2D eigenvalue weighted by molar-refractivity contribution is -0.135. The first-order chi connectivity index (χ1) is 13.5. The van der Waals surface area contributed by atoms with Crippen LogP contribution in [-0.2, 0) is 19.1 Å². The van der Waals surface area contributed by atoms with Crippen LogP contribution in [0.15, 0.2) is 23.0 Å². The number of hydrogen-bond acceptors (Lipinski definition) is 6. The van der Waals surface area contributed by atoms with Crippen molar-refractivity contribution in [3.05, 3.63) is 34.4 Å². The second-order valence-corrected chi connectivity index (χ2v) is 7.05. The largest absolute Gasteiger partial charge is 0.381 e. The van der Waals surface area contributed by atoms with Crippen LogP contribution in [0.1, 0.15) is 31.1 Å². The molecule has 0 radical (unpaired) electrons. The molecule has 2 N–H and O–H groups in total. The fourth-order valence-electron chi connectivity index (χ4n) is 3.70. The normalized spacial score (nSPS) is 22.3. The fraction of sp³-hybridized carbons (Fsp3) is 0.421. The van der Waals surface area contributed by atoms with Crippen LogP contribution in [0, 0.1) is 12.8 Å². The summed E-state index contributed by atoms with van der Waals surface area (Å²) in [6, 6.07) is 4.19. The number of rotatable bonds is 3. The Balaban J connectivity index is 1.74. The molecule has 0 saturated carbocycles. The van der Waals surface area contributed by atoms with Gasteiger partial charge in [0.25, 0.3) is 5.56 Å². The third-order valence-electron chi connectivity index (χ3n) is 5.19. The van der Waals surface area contributed by atoms with E-state index in [0.29, 0.717) is 42.0 Å². The van der Waals surface area contributed by atoms with E-state index in [1.807, 2.05) is 0 Å². The quantitative estimate of drug-likeness (QED) is 0.750. The summed E-state index contributed by atoms with van der Waals surface area (Å²) in [4.78, 5) is 53.6. The monoisotopic (exact) mass is 384 g/mol. The number of ether oxygens (including phenoxy) is 1. The third-order valence-corrected chi connectivity index (χ3v) is 5.19. The van der Waals surface area contributed by atoms with Crippen LogP contribution < -0.4 is 16.2 Å². The lowest BCUT2D eigenvalue weighted by Gasteiger charge is -2.24. The standard InChI is InChI=1S/C19H20N4O5/c1-10-20-16-12(19(27)23(10)14-5-6-15(24)22-18(14)26)3-2-4-13(16)21-17(25)11-7-8-28-9-11/h2-4,11,14H,5-9H2,1H3,(H,21,25)(H,22,24,26). The minimum atomic E-state index is -0.781. The number of piperidine rings is 1. The fourth-order valence-corrected chi connectivity index (χ4v) is 3.70. The van der Waals surface area contributed by atoms with Crippen molar-refractivity contribution in [2.75, 3.05) is 18.5 Å². The van der Waals surface area contributed by atoms with Crippen LogP contribution in [-0.4, -0.2) is 40.5 Å². The van der Waals surface area contributed by atoms with Crippen molar-refractivity contribution in [3.8, 4) is 0 Å². The molecular formula is C19H20N4O5. The van der Waals surface area contributed by atoms with Gasteiger partial charge in [-0.25, -0.2) is 4.98 Å². The summed E-state index contributed by atoms with van der Waals surface area (Å²) in [7, 11) is 0. The Bertz CT molecular complexity index is 1040. The number of carbonyl (C=O) groups excluding carboxylic acids is 3. The van der Waals surface area contributed by atoms with Crippen LogP contribution in [0.2, 0.25) is 0 Å². The predicted octanol–water partition coefficient (Wildman–Crippen LogP) is 0.658. The first kappa shape index (κ1) is 18.3. The van der Waals surface area contributed by atoms with Gasteiger partial charge in [-0.2, -0.15) is 0 Å². The molecule has 9 nitrogen and oxygen atoms in total. The smallest absolute Gasteiger partial charge is 0.262 e. The Kier molecular flexibility index (Phi) is 4.68. The Morgan fingerprint density at radius 1 is 1.29 bits per heavy atom. The van der Waals surface area contributed by atoms with E-state index in [2.05, 4.69) is 15.6 Å². The summed E-state index contributed by atoms with van der Waals surface area (Å²) >= 11 is 0. The van der Waals surface area contributed by atoms with Gasteiger partial charge in [-0.15, -0.1) is 0 Å². The average molecular weight is 384 g/mol. The highest BCUT2D eigenvalue weighted by molar-refractivity contribution is 6.02. The Labute approximate surface area is 160 Å². The minimum Gasteiger partial charge on any atom is -0.381 e. The highest BCUT2D eigenvalue weighted by atomic mass is 16.5. The molecule has 1 aromatic carbocycles. The van der Waals surface area contributed by atoms with Gasteiger partial charge in [0, 0.05) is 13.0 Å². The molecule has 2 unspecified atom stereocenters. The van der Waals surface area contributed by atoms with Gasteiger partial charge >= 0.3 is 0 Å². The number of para-hydroxylation sites is 1. The van der Waals surface area contributed by atoms with Crippen molar-refractivity contribution in [2.45, 2.75) is 32.2 Å². The van der Waals surface area contributed by atoms with E-state index in [0.717, 1.165) is 0 Å². The van der Waals surface area contributed by atoms with Crippen LogP contribution in [0.3, 0.4) is 0 Å². The maximum Gasteiger partial charge on any atom is 0.262 e. The summed E-state index contributed by atoms with van der Waals surface area (Å²) in [6.45, 7) is 2.57. The zero-order chi connectivity index (χ0) is 19.8. The van der Waals surface area contributed by atoms with Gasteiger partial charge in [0.2, 0.25) is 17.7 Å². The van der Waals surface area contributed by atoms with E-state index in [1.54, 1.807) is 25.1 Å². The van der Waals surface area contributed by atoms with E-state index < -0.39 is 11.9 Å². The van der Waals surface area contributed by atoms with E-state index in [4.69, 9.17) is 4.74 Å². The molecule has 1 aromatic heterocycles. The molecule has 2 atom stereocenters. The zero-order valence-electron chi connectivity index (χ0n) is 15.4. The highest BCUT2D eigenvalue weighted by Crippen LogP contribution is 2.24. The number of carbonyl (C=O) groups is 3. The number of hydrogen-bond donors (Lipinski definition) is 2. The van der Waals surface area contributed by atoms with Crippen LogP contribution in [0.4, 0.5) is 5.69 Å².